The van der Waals surface area contributed by atoms with E-state index in [1.165, 1.54) is 0 Å². The second-order valence-electron chi connectivity index (χ2n) is 7.06. The average Bonchev–Trinajstić information content (AvgIpc) is 2.77. The van der Waals surface area contributed by atoms with Gasteiger partial charge in [-0.05, 0) is 61.4 Å². The SMILES string of the molecule is COc1cc(C=Nc2ccc(Cl)c(C(=O)OC(C)C)c2)ccc1OCc1ccccc1. The number of hydrogen-bond donors (Lipinski definition) is 0. The van der Waals surface area contributed by atoms with E-state index in [0.717, 1.165) is 11.1 Å². The highest BCUT2D eigenvalue weighted by Gasteiger charge is 2.14. The quantitative estimate of drug-likeness (QED) is 0.309. The number of carbonyl (C=O) groups excluding carboxylic acids is 1. The van der Waals surface area contributed by atoms with E-state index in [2.05, 4.69) is 4.99 Å². The summed E-state index contributed by atoms with van der Waals surface area (Å²) in [5.74, 6) is 0.782. The van der Waals surface area contributed by atoms with Gasteiger partial charge >= 0.3 is 5.97 Å². The highest BCUT2D eigenvalue weighted by atomic mass is 35.5. The van der Waals surface area contributed by atoms with Crippen molar-refractivity contribution in [2.75, 3.05) is 7.11 Å². The van der Waals surface area contributed by atoms with E-state index in [0.29, 0.717) is 28.8 Å². The van der Waals surface area contributed by atoms with Gasteiger partial charge in [-0.1, -0.05) is 41.9 Å². The molecule has 3 aromatic carbocycles. The van der Waals surface area contributed by atoms with Crippen LogP contribution >= 0.6 is 11.6 Å². The van der Waals surface area contributed by atoms with Gasteiger partial charge in [-0.25, -0.2) is 4.79 Å². The van der Waals surface area contributed by atoms with E-state index >= 15 is 0 Å². The molecule has 0 unspecified atom stereocenters. The lowest BCUT2D eigenvalue weighted by Gasteiger charge is -2.11. The molecular formula is C25H24ClNO4. The Morgan fingerprint density at radius 1 is 1.03 bits per heavy atom. The third-order valence-electron chi connectivity index (χ3n) is 4.30. The fraction of sp³-hybridized carbons (Fsp3) is 0.200. The lowest BCUT2D eigenvalue weighted by Crippen LogP contribution is -2.11. The van der Waals surface area contributed by atoms with Gasteiger partial charge in [0.05, 0.1) is 29.5 Å². The minimum Gasteiger partial charge on any atom is -0.493 e. The van der Waals surface area contributed by atoms with Crippen molar-refractivity contribution in [1.82, 2.24) is 0 Å². The molecule has 160 valence electrons. The number of rotatable bonds is 8. The molecule has 3 rings (SSSR count). The number of carbonyl (C=O) groups is 1. The van der Waals surface area contributed by atoms with Crippen LogP contribution in [0.3, 0.4) is 0 Å². The summed E-state index contributed by atoms with van der Waals surface area (Å²) in [6.07, 6.45) is 1.45. The number of hydrogen-bond acceptors (Lipinski definition) is 5. The van der Waals surface area contributed by atoms with Crippen LogP contribution in [0.1, 0.15) is 35.3 Å². The number of esters is 1. The molecule has 0 aromatic heterocycles. The van der Waals surface area contributed by atoms with Crippen molar-refractivity contribution in [1.29, 1.82) is 0 Å². The van der Waals surface area contributed by atoms with E-state index in [1.54, 1.807) is 45.4 Å². The number of methoxy groups -OCH3 is 1. The number of nitrogens with zero attached hydrogens (tertiary/aromatic N) is 1. The molecule has 0 aliphatic heterocycles. The van der Waals surface area contributed by atoms with Crippen LogP contribution in [0.25, 0.3) is 0 Å². The maximum Gasteiger partial charge on any atom is 0.339 e. The first-order chi connectivity index (χ1) is 15.0. The third-order valence-corrected chi connectivity index (χ3v) is 4.63. The summed E-state index contributed by atoms with van der Waals surface area (Å²) in [5.41, 5.74) is 2.77. The lowest BCUT2D eigenvalue weighted by atomic mass is 10.2. The van der Waals surface area contributed by atoms with Crippen LogP contribution in [-0.4, -0.2) is 25.4 Å². The maximum absolute atomic E-state index is 12.2. The summed E-state index contributed by atoms with van der Waals surface area (Å²) in [5, 5.41) is 0.325. The number of benzene rings is 3. The molecule has 0 radical (unpaired) electrons. The first kappa shape index (κ1) is 22.4. The summed E-state index contributed by atoms with van der Waals surface area (Å²) >= 11 is 6.14. The Labute approximate surface area is 187 Å². The van der Waals surface area contributed by atoms with Gasteiger partial charge in [0, 0.05) is 6.21 Å². The van der Waals surface area contributed by atoms with Crippen molar-refractivity contribution >= 4 is 29.5 Å². The largest absolute Gasteiger partial charge is 0.493 e. The number of halogens is 1. The summed E-state index contributed by atoms with van der Waals surface area (Å²) in [4.78, 5) is 16.6. The molecule has 0 aliphatic carbocycles. The molecule has 5 nitrogen and oxygen atoms in total. The van der Waals surface area contributed by atoms with Crippen LogP contribution in [0, 0.1) is 0 Å². The zero-order valence-electron chi connectivity index (χ0n) is 17.7. The van der Waals surface area contributed by atoms with Crippen molar-refractivity contribution in [3.63, 3.8) is 0 Å². The van der Waals surface area contributed by atoms with Crippen molar-refractivity contribution in [2.24, 2.45) is 4.99 Å². The standard InChI is InChI=1S/C25H24ClNO4/c1-17(2)31-25(28)21-14-20(10-11-22(21)26)27-15-19-9-12-23(24(13-19)29-3)30-16-18-7-5-4-6-8-18/h4-15,17H,16H2,1-3H3. The van der Waals surface area contributed by atoms with Gasteiger partial charge in [0.1, 0.15) is 6.61 Å². The Morgan fingerprint density at radius 2 is 1.81 bits per heavy atom. The first-order valence-electron chi connectivity index (χ1n) is 9.85. The highest BCUT2D eigenvalue weighted by molar-refractivity contribution is 6.33. The van der Waals surface area contributed by atoms with E-state index in [9.17, 15) is 4.79 Å². The van der Waals surface area contributed by atoms with Crippen molar-refractivity contribution in [3.8, 4) is 11.5 Å². The Hall–Kier alpha value is -3.31. The topological polar surface area (TPSA) is 57.1 Å². The molecule has 6 heteroatoms. The summed E-state index contributed by atoms with van der Waals surface area (Å²) in [6.45, 7) is 4.02. The van der Waals surface area contributed by atoms with Gasteiger partial charge < -0.3 is 14.2 Å². The molecule has 0 bridgehead atoms. The molecule has 0 aliphatic rings. The van der Waals surface area contributed by atoms with Crippen LogP contribution in [0.2, 0.25) is 5.02 Å². The zero-order chi connectivity index (χ0) is 22.2. The predicted molar refractivity (Wildman–Crippen MR) is 123 cm³/mol. The Kier molecular flexibility index (Phi) is 7.68. The second kappa shape index (κ2) is 10.6. The van der Waals surface area contributed by atoms with E-state index in [1.807, 2.05) is 48.5 Å². The van der Waals surface area contributed by atoms with Gasteiger partial charge in [-0.3, -0.25) is 4.99 Å². The fourth-order valence-electron chi connectivity index (χ4n) is 2.80. The van der Waals surface area contributed by atoms with Crippen molar-refractivity contribution in [3.05, 3.63) is 88.4 Å². The third kappa shape index (κ3) is 6.33. The van der Waals surface area contributed by atoms with Crippen LogP contribution in [0.15, 0.2) is 71.7 Å². The van der Waals surface area contributed by atoms with Crippen molar-refractivity contribution < 1.29 is 19.0 Å². The van der Waals surface area contributed by atoms with Crippen LogP contribution < -0.4 is 9.47 Å². The normalized spacial score (nSPS) is 11.0. The van der Waals surface area contributed by atoms with Crippen molar-refractivity contribution in [2.45, 2.75) is 26.6 Å². The second-order valence-corrected chi connectivity index (χ2v) is 7.47. The summed E-state index contributed by atoms with van der Waals surface area (Å²) in [6, 6.07) is 20.5. The van der Waals surface area contributed by atoms with Gasteiger partial charge in [0.2, 0.25) is 0 Å². The molecule has 0 atom stereocenters. The number of ether oxygens (including phenoxy) is 3. The minimum atomic E-state index is -0.473. The first-order valence-corrected chi connectivity index (χ1v) is 10.2. The molecule has 0 saturated heterocycles. The van der Waals surface area contributed by atoms with E-state index in [4.69, 9.17) is 25.8 Å². The Balaban J connectivity index is 1.74. The molecular weight excluding hydrogens is 414 g/mol. The van der Waals surface area contributed by atoms with Crippen LogP contribution in [0.4, 0.5) is 5.69 Å². The van der Waals surface area contributed by atoms with Gasteiger partial charge in [-0.15, -0.1) is 0 Å². The molecule has 0 heterocycles. The van der Waals surface area contributed by atoms with Gasteiger partial charge in [-0.2, -0.15) is 0 Å². The van der Waals surface area contributed by atoms with Gasteiger partial charge in [0.15, 0.2) is 11.5 Å². The molecule has 31 heavy (non-hydrogen) atoms. The maximum atomic E-state index is 12.2. The van der Waals surface area contributed by atoms with E-state index in [-0.39, 0.29) is 11.7 Å². The minimum absolute atomic E-state index is 0.231. The lowest BCUT2D eigenvalue weighted by molar-refractivity contribution is 0.0378. The zero-order valence-corrected chi connectivity index (χ0v) is 18.4. The molecule has 0 saturated carbocycles. The number of aliphatic imine (C=N–C) groups is 1. The highest BCUT2D eigenvalue weighted by Crippen LogP contribution is 2.29. The monoisotopic (exact) mass is 437 g/mol. The fourth-order valence-corrected chi connectivity index (χ4v) is 2.99. The van der Waals surface area contributed by atoms with Crippen LogP contribution in [0.5, 0.6) is 11.5 Å². The van der Waals surface area contributed by atoms with E-state index < -0.39 is 5.97 Å². The summed E-state index contributed by atoms with van der Waals surface area (Å²) in [7, 11) is 1.59. The molecule has 3 aromatic rings. The predicted octanol–water partition coefficient (Wildman–Crippen LogP) is 6.24. The molecule has 0 fully saturated rings. The van der Waals surface area contributed by atoms with Gasteiger partial charge in [0.25, 0.3) is 0 Å². The molecule has 0 amide bonds. The smallest absolute Gasteiger partial charge is 0.339 e. The Bertz CT molecular complexity index is 1060. The average molecular weight is 438 g/mol. The molecule has 0 spiro atoms. The van der Waals surface area contributed by atoms with Crippen LogP contribution in [-0.2, 0) is 11.3 Å². The Morgan fingerprint density at radius 3 is 2.52 bits per heavy atom. The summed E-state index contributed by atoms with van der Waals surface area (Å²) < 4.78 is 16.6. The molecule has 0 N–H and O–H groups in total.